The minimum absolute atomic E-state index is 0.229. The Hall–Kier alpha value is -3.79. The Labute approximate surface area is 172 Å². The van der Waals surface area contributed by atoms with E-state index in [4.69, 9.17) is 5.73 Å². The second-order valence-electron chi connectivity index (χ2n) is 7.33. The third-order valence-electron chi connectivity index (χ3n) is 5.38. The molecule has 4 aromatic rings. The SMILES string of the molecule is CN1CCN(c2ccc(-c3cn(-c4nccc5c(=O)[nH]cnc45)nc3N)cn2)CC1. The zero-order valence-corrected chi connectivity index (χ0v) is 16.5. The van der Waals surface area contributed by atoms with Gasteiger partial charge in [-0.2, -0.15) is 0 Å². The summed E-state index contributed by atoms with van der Waals surface area (Å²) < 4.78 is 1.55. The third kappa shape index (κ3) is 3.16. The molecule has 152 valence electrons. The van der Waals surface area contributed by atoms with Crippen molar-refractivity contribution in [1.29, 1.82) is 0 Å². The maximum Gasteiger partial charge on any atom is 0.258 e. The molecule has 0 atom stereocenters. The Morgan fingerprint density at radius 3 is 2.67 bits per heavy atom. The number of aromatic amines is 1. The lowest BCUT2D eigenvalue weighted by Gasteiger charge is -2.33. The van der Waals surface area contributed by atoms with E-state index in [9.17, 15) is 4.79 Å². The predicted molar refractivity (Wildman–Crippen MR) is 115 cm³/mol. The van der Waals surface area contributed by atoms with E-state index in [-0.39, 0.29) is 5.56 Å². The molecule has 1 saturated heterocycles. The van der Waals surface area contributed by atoms with E-state index >= 15 is 0 Å². The Bertz CT molecular complexity index is 1250. The topological polar surface area (TPSA) is 122 Å². The summed E-state index contributed by atoms with van der Waals surface area (Å²) in [5.74, 6) is 1.75. The van der Waals surface area contributed by atoms with Crippen LogP contribution in [-0.4, -0.2) is 67.8 Å². The monoisotopic (exact) mass is 403 g/mol. The van der Waals surface area contributed by atoms with Crippen LogP contribution in [0.15, 0.2) is 47.9 Å². The number of H-pyrrole nitrogens is 1. The van der Waals surface area contributed by atoms with Gasteiger partial charge in [0.25, 0.3) is 5.56 Å². The summed E-state index contributed by atoms with van der Waals surface area (Å²) in [6, 6.07) is 5.63. The number of aromatic nitrogens is 6. The van der Waals surface area contributed by atoms with Crippen molar-refractivity contribution in [3.63, 3.8) is 0 Å². The molecular weight excluding hydrogens is 382 g/mol. The van der Waals surface area contributed by atoms with Crippen molar-refractivity contribution >= 4 is 22.5 Å². The molecule has 0 aromatic carbocycles. The second-order valence-corrected chi connectivity index (χ2v) is 7.33. The molecule has 0 aliphatic carbocycles. The van der Waals surface area contributed by atoms with Gasteiger partial charge in [-0.05, 0) is 25.2 Å². The smallest absolute Gasteiger partial charge is 0.258 e. The molecule has 0 amide bonds. The van der Waals surface area contributed by atoms with Crippen molar-refractivity contribution in [3.8, 4) is 16.9 Å². The van der Waals surface area contributed by atoms with Gasteiger partial charge in [-0.15, -0.1) is 5.10 Å². The zero-order valence-electron chi connectivity index (χ0n) is 16.5. The number of pyridine rings is 2. The summed E-state index contributed by atoms with van der Waals surface area (Å²) in [6.45, 7) is 3.97. The molecule has 0 saturated carbocycles. The van der Waals surface area contributed by atoms with E-state index in [2.05, 4.69) is 41.9 Å². The highest BCUT2D eigenvalue weighted by Gasteiger charge is 2.17. The van der Waals surface area contributed by atoms with Crippen molar-refractivity contribution in [1.82, 2.24) is 34.6 Å². The number of nitrogen functional groups attached to an aromatic ring is 1. The van der Waals surface area contributed by atoms with Crippen molar-refractivity contribution in [3.05, 3.63) is 53.5 Å². The number of nitrogens with two attached hydrogens (primary N) is 1. The van der Waals surface area contributed by atoms with Gasteiger partial charge < -0.3 is 20.5 Å². The van der Waals surface area contributed by atoms with E-state index in [1.165, 1.54) is 6.33 Å². The number of anilines is 2. The molecule has 3 N–H and O–H groups in total. The molecular formula is C20H21N9O. The highest BCUT2D eigenvalue weighted by Crippen LogP contribution is 2.27. The molecule has 10 nitrogen and oxygen atoms in total. The molecule has 4 aromatic heterocycles. The predicted octanol–water partition coefficient (Wildman–Crippen LogP) is 0.900. The van der Waals surface area contributed by atoms with Gasteiger partial charge in [0, 0.05) is 55.9 Å². The Balaban J connectivity index is 1.48. The summed E-state index contributed by atoms with van der Waals surface area (Å²) in [6.07, 6.45) is 6.50. The van der Waals surface area contributed by atoms with Gasteiger partial charge >= 0.3 is 0 Å². The molecule has 1 aliphatic heterocycles. The van der Waals surface area contributed by atoms with Crippen LogP contribution in [0.3, 0.4) is 0 Å². The van der Waals surface area contributed by atoms with E-state index in [1.54, 1.807) is 23.1 Å². The molecule has 0 spiro atoms. The first-order valence-electron chi connectivity index (χ1n) is 9.68. The minimum Gasteiger partial charge on any atom is -0.382 e. The maximum absolute atomic E-state index is 12.0. The van der Waals surface area contributed by atoms with Gasteiger partial charge in [-0.25, -0.2) is 19.6 Å². The average Bonchev–Trinajstić information content (AvgIpc) is 3.16. The van der Waals surface area contributed by atoms with Gasteiger partial charge in [0.05, 0.1) is 11.7 Å². The maximum atomic E-state index is 12.0. The van der Waals surface area contributed by atoms with Crippen LogP contribution in [0.25, 0.3) is 27.8 Å². The van der Waals surface area contributed by atoms with E-state index in [1.807, 2.05) is 18.3 Å². The largest absolute Gasteiger partial charge is 0.382 e. The van der Waals surface area contributed by atoms with Crippen LogP contribution in [0.4, 0.5) is 11.6 Å². The lowest BCUT2D eigenvalue weighted by molar-refractivity contribution is 0.312. The standard InChI is InChI=1S/C20H21N9O/c1-27-6-8-28(9-7-27)16-3-2-13(10-23-16)15-11-29(26-18(15)21)19-17-14(4-5-22-19)20(30)25-12-24-17/h2-5,10-12H,6-9H2,1H3,(H2,21,26)(H,24,25,30). The van der Waals surface area contributed by atoms with Gasteiger partial charge in [-0.1, -0.05) is 0 Å². The van der Waals surface area contributed by atoms with Crippen molar-refractivity contribution < 1.29 is 0 Å². The van der Waals surface area contributed by atoms with Crippen LogP contribution in [-0.2, 0) is 0 Å². The molecule has 10 heteroatoms. The fourth-order valence-corrected chi connectivity index (χ4v) is 3.64. The van der Waals surface area contributed by atoms with Crippen molar-refractivity contribution in [2.75, 3.05) is 43.9 Å². The van der Waals surface area contributed by atoms with Crippen LogP contribution in [0.1, 0.15) is 0 Å². The molecule has 5 heterocycles. The number of likely N-dealkylation sites (N-methyl/N-ethyl adjacent to an activating group) is 1. The number of piperazine rings is 1. The number of rotatable bonds is 3. The molecule has 5 rings (SSSR count). The molecule has 0 unspecified atom stereocenters. The summed E-state index contributed by atoms with van der Waals surface area (Å²) in [7, 11) is 2.13. The number of hydrogen-bond acceptors (Lipinski definition) is 8. The average molecular weight is 403 g/mol. The van der Waals surface area contributed by atoms with Crippen LogP contribution < -0.4 is 16.2 Å². The summed E-state index contributed by atoms with van der Waals surface area (Å²) in [4.78, 5) is 32.4. The van der Waals surface area contributed by atoms with E-state index < -0.39 is 0 Å². The van der Waals surface area contributed by atoms with Gasteiger partial charge in [-0.3, -0.25) is 4.79 Å². The van der Waals surface area contributed by atoms with E-state index in [0.717, 1.165) is 43.1 Å². The number of fused-ring (bicyclic) bond motifs is 1. The Morgan fingerprint density at radius 2 is 1.90 bits per heavy atom. The zero-order chi connectivity index (χ0) is 20.7. The minimum atomic E-state index is -0.229. The first-order chi connectivity index (χ1) is 14.6. The quantitative estimate of drug-likeness (QED) is 0.517. The fraction of sp³-hybridized carbons (Fsp3) is 0.250. The molecule has 0 bridgehead atoms. The van der Waals surface area contributed by atoms with Gasteiger partial charge in [0.15, 0.2) is 11.6 Å². The highest BCUT2D eigenvalue weighted by atomic mass is 16.1. The van der Waals surface area contributed by atoms with Crippen LogP contribution in [0, 0.1) is 0 Å². The molecule has 1 fully saturated rings. The van der Waals surface area contributed by atoms with Crippen molar-refractivity contribution in [2.45, 2.75) is 0 Å². The van der Waals surface area contributed by atoms with E-state index in [0.29, 0.717) is 22.5 Å². The second kappa shape index (κ2) is 7.23. The van der Waals surface area contributed by atoms with Gasteiger partial charge in [0.2, 0.25) is 0 Å². The van der Waals surface area contributed by atoms with Crippen LogP contribution in [0.2, 0.25) is 0 Å². The first-order valence-corrected chi connectivity index (χ1v) is 9.68. The van der Waals surface area contributed by atoms with Crippen molar-refractivity contribution in [2.24, 2.45) is 0 Å². The number of hydrogen-bond donors (Lipinski definition) is 2. The molecule has 30 heavy (non-hydrogen) atoms. The highest BCUT2D eigenvalue weighted by molar-refractivity contribution is 5.84. The first kappa shape index (κ1) is 18.3. The number of nitrogens with one attached hydrogen (secondary N) is 1. The van der Waals surface area contributed by atoms with Crippen LogP contribution >= 0.6 is 0 Å². The summed E-state index contributed by atoms with van der Waals surface area (Å²) in [5.41, 5.74) is 8.03. The lowest BCUT2D eigenvalue weighted by atomic mass is 10.1. The molecule has 1 aliphatic rings. The van der Waals surface area contributed by atoms with Crippen LogP contribution in [0.5, 0.6) is 0 Å². The normalized spacial score (nSPS) is 15.0. The third-order valence-corrected chi connectivity index (χ3v) is 5.38. The fourth-order valence-electron chi connectivity index (χ4n) is 3.64. The lowest BCUT2D eigenvalue weighted by Crippen LogP contribution is -2.44. The summed E-state index contributed by atoms with van der Waals surface area (Å²) in [5, 5.41) is 4.83. The molecule has 0 radical (unpaired) electrons. The Morgan fingerprint density at radius 1 is 1.07 bits per heavy atom. The van der Waals surface area contributed by atoms with Gasteiger partial charge in [0.1, 0.15) is 11.3 Å². The Kier molecular flexibility index (Phi) is 4.40. The summed E-state index contributed by atoms with van der Waals surface area (Å²) >= 11 is 0. The number of nitrogens with zero attached hydrogens (tertiary/aromatic N) is 7.